The van der Waals surface area contributed by atoms with Crippen molar-refractivity contribution >= 4 is 23.1 Å². The van der Waals surface area contributed by atoms with E-state index in [-0.39, 0.29) is 29.4 Å². The number of hydrogen-bond donors (Lipinski definition) is 2. The summed E-state index contributed by atoms with van der Waals surface area (Å²) in [5.74, 6) is -1.25. The maximum absolute atomic E-state index is 13.1. The average molecular weight is 421 g/mol. The lowest BCUT2D eigenvalue weighted by Gasteiger charge is -2.28. The molecule has 4 rings (SSSR count). The number of rotatable bonds is 6. The maximum atomic E-state index is 13.1. The molecule has 1 atom stereocenters. The first kappa shape index (κ1) is 21.0. The summed E-state index contributed by atoms with van der Waals surface area (Å²) in [6.45, 7) is 5.88. The minimum Gasteiger partial charge on any atom is -0.508 e. The fraction of sp³-hybridized carbons (Fsp3) is 0.360. The molecule has 31 heavy (non-hydrogen) atoms. The monoisotopic (exact) mass is 420 g/mol. The lowest BCUT2D eigenvalue weighted by atomic mass is 9.92. The first-order valence-corrected chi connectivity index (χ1v) is 10.8. The normalized spacial score (nSPS) is 19.1. The first-order chi connectivity index (χ1) is 14.9. The van der Waals surface area contributed by atoms with E-state index < -0.39 is 17.7 Å². The molecule has 0 aliphatic carbocycles. The van der Waals surface area contributed by atoms with Crippen molar-refractivity contribution in [1.82, 2.24) is 0 Å². The van der Waals surface area contributed by atoms with Gasteiger partial charge < -0.3 is 15.1 Å². The Bertz CT molecular complexity index is 1020. The zero-order valence-electron chi connectivity index (χ0n) is 17.9. The number of nitrogens with zero attached hydrogens (tertiary/aromatic N) is 2. The van der Waals surface area contributed by atoms with Crippen LogP contribution in [0, 0.1) is 5.92 Å². The van der Waals surface area contributed by atoms with Crippen LogP contribution in [-0.2, 0) is 9.59 Å². The van der Waals surface area contributed by atoms with Crippen LogP contribution in [0.3, 0.4) is 0 Å². The number of carbonyl (C=O) groups excluding carboxylic acids is 2. The van der Waals surface area contributed by atoms with Crippen molar-refractivity contribution in [2.45, 2.75) is 39.2 Å². The molecule has 2 aliphatic rings. The van der Waals surface area contributed by atoms with Gasteiger partial charge in [0, 0.05) is 30.9 Å². The first-order valence-electron chi connectivity index (χ1n) is 10.8. The molecule has 1 amide bonds. The number of ketones is 1. The molecule has 2 aromatic carbocycles. The number of amides is 1. The van der Waals surface area contributed by atoms with E-state index in [9.17, 15) is 19.8 Å². The predicted octanol–water partition coefficient (Wildman–Crippen LogP) is 4.51. The van der Waals surface area contributed by atoms with Crippen molar-refractivity contribution in [3.63, 3.8) is 0 Å². The number of aliphatic hydroxyl groups excluding tert-OH is 1. The zero-order chi connectivity index (χ0) is 22.1. The van der Waals surface area contributed by atoms with Crippen LogP contribution in [0.25, 0.3) is 0 Å². The van der Waals surface area contributed by atoms with Gasteiger partial charge >= 0.3 is 0 Å². The number of Topliss-reactive ketones (excluding diaryl/α,β-unsaturated/α-hetero) is 1. The largest absolute Gasteiger partial charge is 0.508 e. The smallest absolute Gasteiger partial charge is 0.294 e. The van der Waals surface area contributed by atoms with Gasteiger partial charge in [-0.25, -0.2) is 0 Å². The summed E-state index contributed by atoms with van der Waals surface area (Å²) in [6.07, 6.45) is 2.57. The maximum Gasteiger partial charge on any atom is 0.294 e. The topological polar surface area (TPSA) is 81.1 Å². The quantitative estimate of drug-likeness (QED) is 0.719. The van der Waals surface area contributed by atoms with Crippen LogP contribution in [0.1, 0.15) is 44.7 Å². The molecule has 0 bridgehead atoms. The second kappa shape index (κ2) is 8.46. The van der Waals surface area contributed by atoms with Gasteiger partial charge in [0.2, 0.25) is 0 Å². The highest BCUT2D eigenvalue weighted by Crippen LogP contribution is 2.42. The van der Waals surface area contributed by atoms with Crippen molar-refractivity contribution in [2.75, 3.05) is 22.9 Å². The molecule has 0 aromatic heterocycles. The van der Waals surface area contributed by atoms with Gasteiger partial charge in [0.05, 0.1) is 11.6 Å². The Balaban J connectivity index is 1.75. The van der Waals surface area contributed by atoms with Crippen LogP contribution >= 0.6 is 0 Å². The van der Waals surface area contributed by atoms with Gasteiger partial charge in [0.25, 0.3) is 5.91 Å². The standard InChI is InChI=1S/C25H28N2O4/c1-16(2)14-21(29)22-23(17-6-5-7-20(28)15-17)27(25(31)24(22)30)19-10-8-18(9-11-19)26-12-3-4-13-26/h5-11,15-16,23,28,30H,3-4,12-14H2,1-2H3. The second-order valence-electron chi connectivity index (χ2n) is 8.67. The molecule has 2 aromatic rings. The summed E-state index contributed by atoms with van der Waals surface area (Å²) in [6, 6.07) is 13.3. The Hall–Kier alpha value is -3.28. The third-order valence-corrected chi connectivity index (χ3v) is 5.89. The van der Waals surface area contributed by atoms with E-state index in [1.165, 1.54) is 29.9 Å². The van der Waals surface area contributed by atoms with Gasteiger partial charge in [-0.3, -0.25) is 14.5 Å². The number of aliphatic hydroxyl groups is 1. The molecule has 0 saturated carbocycles. The Morgan fingerprint density at radius 2 is 1.68 bits per heavy atom. The van der Waals surface area contributed by atoms with E-state index in [0.717, 1.165) is 18.8 Å². The van der Waals surface area contributed by atoms with Gasteiger partial charge in [-0.15, -0.1) is 0 Å². The highest BCUT2D eigenvalue weighted by molar-refractivity contribution is 6.16. The Morgan fingerprint density at radius 1 is 1.03 bits per heavy atom. The molecule has 6 nitrogen and oxygen atoms in total. The number of benzene rings is 2. The lowest BCUT2D eigenvalue weighted by Crippen LogP contribution is -2.31. The fourth-order valence-electron chi connectivity index (χ4n) is 4.45. The van der Waals surface area contributed by atoms with E-state index in [0.29, 0.717) is 11.3 Å². The molecule has 0 radical (unpaired) electrons. The lowest BCUT2D eigenvalue weighted by molar-refractivity contribution is -0.118. The van der Waals surface area contributed by atoms with Crippen LogP contribution in [0.15, 0.2) is 59.9 Å². The molecule has 6 heteroatoms. The molecule has 2 N–H and O–H groups in total. The van der Waals surface area contributed by atoms with Crippen LogP contribution in [0.2, 0.25) is 0 Å². The van der Waals surface area contributed by atoms with Gasteiger partial charge in [-0.05, 0) is 60.7 Å². The molecular formula is C25H28N2O4. The molecule has 1 unspecified atom stereocenters. The van der Waals surface area contributed by atoms with E-state index in [1.807, 2.05) is 38.1 Å². The van der Waals surface area contributed by atoms with Gasteiger partial charge in [0.15, 0.2) is 11.5 Å². The molecule has 2 aliphatic heterocycles. The summed E-state index contributed by atoms with van der Waals surface area (Å²) < 4.78 is 0. The van der Waals surface area contributed by atoms with Crippen molar-refractivity contribution in [3.8, 4) is 5.75 Å². The number of hydrogen-bond acceptors (Lipinski definition) is 5. The second-order valence-corrected chi connectivity index (χ2v) is 8.67. The average Bonchev–Trinajstić information content (AvgIpc) is 3.35. The molecule has 1 saturated heterocycles. The number of phenols is 1. The van der Waals surface area contributed by atoms with E-state index in [1.54, 1.807) is 12.1 Å². The fourth-order valence-corrected chi connectivity index (χ4v) is 4.45. The molecule has 162 valence electrons. The number of aromatic hydroxyl groups is 1. The van der Waals surface area contributed by atoms with Crippen LogP contribution < -0.4 is 9.80 Å². The molecule has 1 fully saturated rings. The summed E-state index contributed by atoms with van der Waals surface area (Å²) in [5, 5.41) is 20.7. The third-order valence-electron chi connectivity index (χ3n) is 5.89. The van der Waals surface area contributed by atoms with Crippen molar-refractivity contribution in [3.05, 3.63) is 65.4 Å². The van der Waals surface area contributed by atoms with Crippen molar-refractivity contribution in [2.24, 2.45) is 5.92 Å². The minimum absolute atomic E-state index is 0.0383. The van der Waals surface area contributed by atoms with E-state index >= 15 is 0 Å². The van der Waals surface area contributed by atoms with Crippen LogP contribution in [0.4, 0.5) is 11.4 Å². The third kappa shape index (κ3) is 4.02. The Labute approximate surface area is 182 Å². The van der Waals surface area contributed by atoms with Crippen LogP contribution in [-0.4, -0.2) is 35.0 Å². The van der Waals surface area contributed by atoms with Crippen molar-refractivity contribution < 1.29 is 19.8 Å². The Kier molecular flexibility index (Phi) is 5.72. The molecular weight excluding hydrogens is 392 g/mol. The van der Waals surface area contributed by atoms with E-state index in [2.05, 4.69) is 4.90 Å². The molecule has 0 spiro atoms. The van der Waals surface area contributed by atoms with E-state index in [4.69, 9.17) is 0 Å². The predicted molar refractivity (Wildman–Crippen MR) is 120 cm³/mol. The summed E-state index contributed by atoms with van der Waals surface area (Å²) in [5.41, 5.74) is 2.36. The Morgan fingerprint density at radius 3 is 2.29 bits per heavy atom. The summed E-state index contributed by atoms with van der Waals surface area (Å²) >= 11 is 0. The van der Waals surface area contributed by atoms with Gasteiger partial charge in [-0.1, -0.05) is 26.0 Å². The van der Waals surface area contributed by atoms with Crippen molar-refractivity contribution in [1.29, 1.82) is 0 Å². The highest BCUT2D eigenvalue weighted by Gasteiger charge is 2.44. The molecule has 2 heterocycles. The SMILES string of the molecule is CC(C)CC(=O)C1=C(O)C(=O)N(c2ccc(N3CCCC3)cc2)C1c1cccc(O)c1. The zero-order valence-corrected chi connectivity index (χ0v) is 17.9. The summed E-state index contributed by atoms with van der Waals surface area (Å²) in [7, 11) is 0. The number of carbonyl (C=O) groups is 2. The highest BCUT2D eigenvalue weighted by atomic mass is 16.3. The number of anilines is 2. The summed E-state index contributed by atoms with van der Waals surface area (Å²) in [4.78, 5) is 29.9. The number of phenolic OH excluding ortho intramolecular Hbond substituents is 1. The van der Waals surface area contributed by atoms with Gasteiger partial charge in [-0.2, -0.15) is 0 Å². The van der Waals surface area contributed by atoms with Crippen LogP contribution in [0.5, 0.6) is 5.75 Å². The van der Waals surface area contributed by atoms with Gasteiger partial charge in [0.1, 0.15) is 5.75 Å². The minimum atomic E-state index is -0.788.